The third-order valence-corrected chi connectivity index (χ3v) is 5.51. The fourth-order valence-corrected chi connectivity index (χ4v) is 3.85. The zero-order valence-corrected chi connectivity index (χ0v) is 16.0. The summed E-state index contributed by atoms with van der Waals surface area (Å²) in [4.78, 5) is 26.0. The van der Waals surface area contributed by atoms with Gasteiger partial charge in [-0.25, -0.2) is 9.97 Å². The smallest absolute Gasteiger partial charge is 0.165 e. The number of ketones is 1. The first-order valence-corrected chi connectivity index (χ1v) is 9.64. The van der Waals surface area contributed by atoms with Crippen LogP contribution in [0.5, 0.6) is 5.75 Å². The van der Waals surface area contributed by atoms with Crippen molar-refractivity contribution in [2.75, 3.05) is 7.11 Å². The molecule has 0 saturated carbocycles. The van der Waals surface area contributed by atoms with Crippen molar-refractivity contribution in [1.82, 2.24) is 19.5 Å². The van der Waals surface area contributed by atoms with Gasteiger partial charge in [-0.15, -0.1) is 11.3 Å². The molecule has 4 aromatic rings. The molecule has 4 rings (SSSR count). The molecule has 138 valence electrons. The van der Waals surface area contributed by atoms with Crippen LogP contribution in [0.15, 0.2) is 42.2 Å². The predicted molar refractivity (Wildman–Crippen MR) is 106 cm³/mol. The van der Waals surface area contributed by atoms with Gasteiger partial charge in [0, 0.05) is 30.9 Å². The molecule has 0 saturated heterocycles. The fraction of sp³-hybridized carbons (Fsp3) is 0.250. The van der Waals surface area contributed by atoms with Gasteiger partial charge in [0.1, 0.15) is 22.6 Å². The second kappa shape index (κ2) is 7.36. The lowest BCUT2D eigenvalue weighted by molar-refractivity contribution is 0.0981. The Balaban J connectivity index is 1.60. The van der Waals surface area contributed by atoms with E-state index in [4.69, 9.17) is 9.72 Å². The zero-order valence-electron chi connectivity index (χ0n) is 15.2. The second-order valence-corrected chi connectivity index (χ2v) is 7.32. The summed E-state index contributed by atoms with van der Waals surface area (Å²) in [5.41, 5.74) is 3.19. The number of imidazole rings is 2. The van der Waals surface area contributed by atoms with E-state index in [9.17, 15) is 4.79 Å². The monoisotopic (exact) mass is 380 g/mol. The number of aromatic amines is 1. The maximum absolute atomic E-state index is 12.9. The van der Waals surface area contributed by atoms with Crippen molar-refractivity contribution in [1.29, 1.82) is 0 Å². The van der Waals surface area contributed by atoms with E-state index < -0.39 is 0 Å². The third kappa shape index (κ3) is 3.38. The molecule has 0 aliphatic carbocycles. The Bertz CT molecular complexity index is 1080. The van der Waals surface area contributed by atoms with Gasteiger partial charge in [0.2, 0.25) is 0 Å². The summed E-state index contributed by atoms with van der Waals surface area (Å²) in [6, 6.07) is 7.62. The number of aryl methyl sites for hydroxylation is 2. The highest BCUT2D eigenvalue weighted by Crippen LogP contribution is 2.32. The Hall–Kier alpha value is -2.93. The molecule has 1 N–H and O–H groups in total. The van der Waals surface area contributed by atoms with Crippen LogP contribution in [0.3, 0.4) is 0 Å². The predicted octanol–water partition coefficient (Wildman–Crippen LogP) is 4.24. The number of hydrogen-bond donors (Lipinski definition) is 1. The van der Waals surface area contributed by atoms with Crippen LogP contribution < -0.4 is 4.74 Å². The fourth-order valence-electron chi connectivity index (χ4n) is 3.18. The normalized spacial score (nSPS) is 11.2. The van der Waals surface area contributed by atoms with Gasteiger partial charge in [-0.3, -0.25) is 4.79 Å². The van der Waals surface area contributed by atoms with Crippen molar-refractivity contribution in [2.45, 2.75) is 19.3 Å². The largest absolute Gasteiger partial charge is 0.494 e. The minimum absolute atomic E-state index is 0.0917. The standard InChI is InChI=1S/C20H20N4O2S/c1-24-12-21-11-13(24)5-3-6-15(25)14-8-9-16(26-2)19-18(14)22-20(23-19)17-7-4-10-27-17/h4,7-12H,3,5-6H2,1-2H3,(H,22,23). The first kappa shape index (κ1) is 17.5. The minimum atomic E-state index is 0.0917. The first-order chi connectivity index (χ1) is 13.2. The molecule has 0 aliphatic heterocycles. The van der Waals surface area contributed by atoms with Crippen molar-refractivity contribution in [3.8, 4) is 16.5 Å². The molecule has 1 aromatic carbocycles. The Morgan fingerprint density at radius 3 is 2.93 bits per heavy atom. The Morgan fingerprint density at radius 1 is 1.33 bits per heavy atom. The molecule has 7 heteroatoms. The maximum atomic E-state index is 12.9. The van der Waals surface area contributed by atoms with E-state index >= 15 is 0 Å². The van der Waals surface area contributed by atoms with Crippen LogP contribution in [0.25, 0.3) is 21.7 Å². The van der Waals surface area contributed by atoms with Crippen molar-refractivity contribution in [3.63, 3.8) is 0 Å². The van der Waals surface area contributed by atoms with E-state index in [0.717, 1.165) is 34.8 Å². The third-order valence-electron chi connectivity index (χ3n) is 4.63. The number of Topliss-reactive ketones (excluding diaryl/α,β-unsaturated/α-hetero) is 1. The highest BCUT2D eigenvalue weighted by molar-refractivity contribution is 7.13. The number of nitrogens with zero attached hydrogens (tertiary/aromatic N) is 3. The highest BCUT2D eigenvalue weighted by Gasteiger charge is 2.18. The number of aromatic nitrogens is 4. The lowest BCUT2D eigenvalue weighted by Gasteiger charge is -2.06. The lowest BCUT2D eigenvalue weighted by atomic mass is 10.0. The van der Waals surface area contributed by atoms with Crippen molar-refractivity contribution in [2.24, 2.45) is 7.05 Å². The van der Waals surface area contributed by atoms with Gasteiger partial charge in [-0.2, -0.15) is 0 Å². The number of fused-ring (bicyclic) bond motifs is 1. The highest BCUT2D eigenvalue weighted by atomic mass is 32.1. The Labute approximate surface area is 160 Å². The summed E-state index contributed by atoms with van der Waals surface area (Å²) in [6.45, 7) is 0. The molecule has 0 unspecified atom stereocenters. The Morgan fingerprint density at radius 2 is 2.22 bits per heavy atom. The molecule has 3 heterocycles. The van der Waals surface area contributed by atoms with E-state index in [1.165, 1.54) is 0 Å². The number of rotatable bonds is 7. The summed E-state index contributed by atoms with van der Waals surface area (Å²) in [6.07, 6.45) is 5.68. The average molecular weight is 380 g/mol. The van der Waals surface area contributed by atoms with Crippen LogP contribution in [0.4, 0.5) is 0 Å². The molecule has 0 spiro atoms. The number of nitrogens with one attached hydrogen (secondary N) is 1. The van der Waals surface area contributed by atoms with E-state index in [0.29, 0.717) is 23.3 Å². The van der Waals surface area contributed by atoms with Crippen molar-refractivity contribution >= 4 is 28.2 Å². The summed E-state index contributed by atoms with van der Waals surface area (Å²) in [5, 5.41) is 2.00. The second-order valence-electron chi connectivity index (χ2n) is 6.37. The summed E-state index contributed by atoms with van der Waals surface area (Å²) in [7, 11) is 3.59. The summed E-state index contributed by atoms with van der Waals surface area (Å²) < 4.78 is 7.43. The quantitative estimate of drug-likeness (QED) is 0.487. The van der Waals surface area contributed by atoms with Crippen LogP contribution in [0, 0.1) is 0 Å². The van der Waals surface area contributed by atoms with Gasteiger partial charge < -0.3 is 14.3 Å². The summed E-state index contributed by atoms with van der Waals surface area (Å²) >= 11 is 1.60. The number of benzene rings is 1. The van der Waals surface area contributed by atoms with Gasteiger partial charge in [-0.05, 0) is 36.4 Å². The van der Waals surface area contributed by atoms with E-state index in [-0.39, 0.29) is 5.78 Å². The van der Waals surface area contributed by atoms with Crippen molar-refractivity contribution < 1.29 is 9.53 Å². The number of carbonyl (C=O) groups excluding carboxylic acids is 1. The van der Waals surface area contributed by atoms with E-state index in [1.807, 2.05) is 47.5 Å². The first-order valence-electron chi connectivity index (χ1n) is 8.76. The molecule has 0 atom stereocenters. The van der Waals surface area contributed by atoms with Crippen LogP contribution in [-0.2, 0) is 13.5 Å². The number of ether oxygens (including phenoxy) is 1. The summed E-state index contributed by atoms with van der Waals surface area (Å²) in [5.74, 6) is 1.54. The van der Waals surface area contributed by atoms with Gasteiger partial charge in [0.25, 0.3) is 0 Å². The minimum Gasteiger partial charge on any atom is -0.494 e. The van der Waals surface area contributed by atoms with Crippen LogP contribution in [-0.4, -0.2) is 32.4 Å². The molecule has 3 aromatic heterocycles. The van der Waals surface area contributed by atoms with Gasteiger partial charge in [0.15, 0.2) is 5.78 Å². The number of methoxy groups -OCH3 is 1. The molecule has 0 fully saturated rings. The number of hydrogen-bond acceptors (Lipinski definition) is 5. The van der Waals surface area contributed by atoms with Crippen LogP contribution >= 0.6 is 11.3 Å². The molecule has 0 radical (unpaired) electrons. The van der Waals surface area contributed by atoms with Crippen LogP contribution in [0.1, 0.15) is 28.9 Å². The van der Waals surface area contributed by atoms with Crippen LogP contribution in [0.2, 0.25) is 0 Å². The van der Waals surface area contributed by atoms with E-state index in [2.05, 4.69) is 9.97 Å². The number of thiophene rings is 1. The Kier molecular flexibility index (Phi) is 4.77. The average Bonchev–Trinajstić information content (AvgIpc) is 3.41. The molecular formula is C20H20N4O2S. The van der Waals surface area contributed by atoms with Gasteiger partial charge in [-0.1, -0.05) is 6.07 Å². The van der Waals surface area contributed by atoms with Gasteiger partial charge in [0.05, 0.1) is 18.3 Å². The topological polar surface area (TPSA) is 72.8 Å². The van der Waals surface area contributed by atoms with Gasteiger partial charge >= 0.3 is 0 Å². The zero-order chi connectivity index (χ0) is 18.8. The number of H-pyrrole nitrogens is 1. The number of carbonyl (C=O) groups is 1. The molecular weight excluding hydrogens is 360 g/mol. The maximum Gasteiger partial charge on any atom is 0.165 e. The molecule has 27 heavy (non-hydrogen) atoms. The SMILES string of the molecule is COc1ccc(C(=O)CCCc2cncn2C)c2nc(-c3cccs3)[nH]c12. The van der Waals surface area contributed by atoms with Crippen molar-refractivity contribution in [3.05, 3.63) is 53.4 Å². The lowest BCUT2D eigenvalue weighted by Crippen LogP contribution is -2.03. The molecule has 0 amide bonds. The molecule has 0 aliphatic rings. The van der Waals surface area contributed by atoms with E-state index in [1.54, 1.807) is 24.8 Å². The molecule has 0 bridgehead atoms. The molecule has 6 nitrogen and oxygen atoms in total.